The van der Waals surface area contributed by atoms with Crippen LogP contribution in [0.4, 0.5) is 0 Å². The summed E-state index contributed by atoms with van der Waals surface area (Å²) in [6.07, 6.45) is 9.41. The van der Waals surface area contributed by atoms with Crippen molar-refractivity contribution in [3.05, 3.63) is 23.8 Å². The highest BCUT2D eigenvalue weighted by atomic mass is 16.3. The van der Waals surface area contributed by atoms with Gasteiger partial charge >= 0.3 is 0 Å². The fourth-order valence-corrected chi connectivity index (χ4v) is 3.68. The number of rotatable bonds is 1. The Balaban J connectivity index is 2.29. The van der Waals surface area contributed by atoms with Crippen molar-refractivity contribution in [3.8, 4) is 0 Å². The molecule has 2 rings (SSSR count). The first-order valence-electron chi connectivity index (χ1n) is 6.49. The van der Waals surface area contributed by atoms with E-state index in [1.54, 1.807) is 0 Å². The molecular weight excluding hydrogens is 196 g/mol. The van der Waals surface area contributed by atoms with Crippen molar-refractivity contribution in [2.24, 2.45) is 10.8 Å². The molecule has 2 aliphatic carbocycles. The van der Waals surface area contributed by atoms with Crippen LogP contribution in [-0.4, -0.2) is 11.7 Å². The van der Waals surface area contributed by atoms with Crippen molar-refractivity contribution in [1.82, 2.24) is 0 Å². The van der Waals surface area contributed by atoms with Crippen molar-refractivity contribution in [3.63, 3.8) is 0 Å². The van der Waals surface area contributed by atoms with Gasteiger partial charge in [-0.25, -0.2) is 0 Å². The molecule has 1 fully saturated rings. The predicted molar refractivity (Wildman–Crippen MR) is 68.2 cm³/mol. The third-order valence-corrected chi connectivity index (χ3v) is 5.07. The summed E-state index contributed by atoms with van der Waals surface area (Å²) in [6, 6.07) is 0. The molecule has 0 aromatic carbocycles. The van der Waals surface area contributed by atoms with Gasteiger partial charge < -0.3 is 5.11 Å². The van der Waals surface area contributed by atoms with Gasteiger partial charge in [-0.15, -0.1) is 0 Å². The highest BCUT2D eigenvalue weighted by molar-refractivity contribution is 5.25. The maximum Gasteiger partial charge on any atom is 0.0641 e. The second-order valence-electron chi connectivity index (χ2n) is 6.15. The summed E-state index contributed by atoms with van der Waals surface area (Å²) in [5, 5.41) is 9.18. The number of hydrogen-bond acceptors (Lipinski definition) is 1. The average Bonchev–Trinajstić information content (AvgIpc) is 2.27. The summed E-state index contributed by atoms with van der Waals surface area (Å²) in [4.78, 5) is 0. The third kappa shape index (κ3) is 1.66. The van der Waals surface area contributed by atoms with E-state index >= 15 is 0 Å². The number of allylic oxidation sites excluding steroid dienone is 2. The van der Waals surface area contributed by atoms with Gasteiger partial charge in [0, 0.05) is 0 Å². The van der Waals surface area contributed by atoms with Gasteiger partial charge in [-0.3, -0.25) is 0 Å². The first kappa shape index (κ1) is 11.9. The van der Waals surface area contributed by atoms with Gasteiger partial charge in [0.25, 0.3) is 0 Å². The van der Waals surface area contributed by atoms with Crippen molar-refractivity contribution in [2.75, 3.05) is 6.61 Å². The molecular formula is C15H24O. The Morgan fingerprint density at radius 1 is 1.31 bits per heavy atom. The molecule has 0 saturated heterocycles. The molecule has 0 heterocycles. The Morgan fingerprint density at radius 2 is 2.06 bits per heavy atom. The van der Waals surface area contributed by atoms with Gasteiger partial charge in [-0.2, -0.15) is 0 Å². The molecule has 0 unspecified atom stereocenters. The molecule has 16 heavy (non-hydrogen) atoms. The normalized spacial score (nSPS) is 33.9. The maximum atomic E-state index is 9.18. The second kappa shape index (κ2) is 4.03. The number of aliphatic hydroxyl groups is 1. The van der Waals surface area contributed by atoms with E-state index in [0.717, 1.165) is 12.8 Å². The van der Waals surface area contributed by atoms with Crippen LogP contribution in [-0.2, 0) is 0 Å². The van der Waals surface area contributed by atoms with E-state index in [-0.39, 0.29) is 6.61 Å². The molecule has 0 radical (unpaired) electrons. The summed E-state index contributed by atoms with van der Waals surface area (Å²) in [7, 11) is 0. The highest BCUT2D eigenvalue weighted by Gasteiger charge is 2.48. The van der Waals surface area contributed by atoms with Crippen LogP contribution in [0.3, 0.4) is 0 Å². The SMILES string of the molecule is C=C1CCCC(C)(C)[C@@]12CC=C(CO)CC2. The van der Waals surface area contributed by atoms with Crippen molar-refractivity contribution in [1.29, 1.82) is 0 Å². The molecule has 1 saturated carbocycles. The predicted octanol–water partition coefficient (Wildman–Crippen LogP) is 3.84. The Morgan fingerprint density at radius 3 is 2.56 bits per heavy atom. The van der Waals surface area contributed by atoms with E-state index < -0.39 is 0 Å². The molecule has 90 valence electrons. The first-order chi connectivity index (χ1) is 7.52. The summed E-state index contributed by atoms with van der Waals surface area (Å²) in [5.41, 5.74) is 3.36. The van der Waals surface area contributed by atoms with E-state index in [1.165, 1.54) is 36.8 Å². The van der Waals surface area contributed by atoms with Gasteiger partial charge in [0.05, 0.1) is 6.61 Å². The lowest BCUT2D eigenvalue weighted by atomic mass is 9.51. The molecule has 1 spiro atoms. The molecule has 1 nitrogen and oxygen atoms in total. The van der Waals surface area contributed by atoms with Crippen LogP contribution in [0.1, 0.15) is 52.4 Å². The van der Waals surface area contributed by atoms with Gasteiger partial charge in [-0.1, -0.05) is 32.1 Å². The van der Waals surface area contributed by atoms with Crippen LogP contribution in [0.2, 0.25) is 0 Å². The smallest absolute Gasteiger partial charge is 0.0641 e. The van der Waals surface area contributed by atoms with E-state index in [1.807, 2.05) is 0 Å². The minimum Gasteiger partial charge on any atom is -0.392 e. The Kier molecular flexibility index (Phi) is 3.00. The lowest BCUT2D eigenvalue weighted by Gasteiger charge is -2.53. The molecule has 1 heteroatoms. The minimum atomic E-state index is 0.239. The standard InChI is InChI=1S/C15H24O/c1-12-5-4-8-14(2,3)15(12)9-6-13(11-16)7-10-15/h6,16H,1,4-5,7-11H2,2-3H3/t15-/m1/s1. The molecule has 0 amide bonds. The molecule has 2 aliphatic rings. The van der Waals surface area contributed by atoms with Crippen LogP contribution >= 0.6 is 0 Å². The fraction of sp³-hybridized carbons (Fsp3) is 0.733. The summed E-state index contributed by atoms with van der Waals surface area (Å²) in [6.45, 7) is 9.38. The Hall–Kier alpha value is -0.560. The maximum absolute atomic E-state index is 9.18. The average molecular weight is 220 g/mol. The lowest BCUT2D eigenvalue weighted by molar-refractivity contribution is 0.0563. The molecule has 0 aromatic heterocycles. The van der Waals surface area contributed by atoms with E-state index in [4.69, 9.17) is 0 Å². The van der Waals surface area contributed by atoms with Crippen LogP contribution < -0.4 is 0 Å². The quantitative estimate of drug-likeness (QED) is 0.666. The number of hydrogen-bond donors (Lipinski definition) is 1. The molecule has 0 bridgehead atoms. The molecule has 0 aromatic rings. The van der Waals surface area contributed by atoms with E-state index in [0.29, 0.717) is 10.8 Å². The molecule has 1 atom stereocenters. The zero-order chi connectivity index (χ0) is 11.8. The van der Waals surface area contributed by atoms with Crippen LogP contribution in [0.25, 0.3) is 0 Å². The lowest BCUT2D eigenvalue weighted by Crippen LogP contribution is -2.43. The van der Waals surface area contributed by atoms with E-state index in [9.17, 15) is 5.11 Å². The van der Waals surface area contributed by atoms with Crippen LogP contribution in [0, 0.1) is 10.8 Å². The highest BCUT2D eigenvalue weighted by Crippen LogP contribution is 2.59. The largest absolute Gasteiger partial charge is 0.392 e. The first-order valence-corrected chi connectivity index (χ1v) is 6.49. The zero-order valence-electron chi connectivity index (χ0n) is 10.7. The zero-order valence-corrected chi connectivity index (χ0v) is 10.7. The third-order valence-electron chi connectivity index (χ3n) is 5.07. The van der Waals surface area contributed by atoms with E-state index in [2.05, 4.69) is 26.5 Å². The van der Waals surface area contributed by atoms with Crippen molar-refractivity contribution >= 4 is 0 Å². The molecule has 1 N–H and O–H groups in total. The van der Waals surface area contributed by atoms with Crippen molar-refractivity contribution in [2.45, 2.75) is 52.4 Å². The van der Waals surface area contributed by atoms with Gasteiger partial charge in [0.2, 0.25) is 0 Å². The van der Waals surface area contributed by atoms with Crippen LogP contribution in [0.15, 0.2) is 23.8 Å². The Labute approximate surface area is 99.3 Å². The summed E-state index contributed by atoms with van der Waals surface area (Å²) in [5.74, 6) is 0. The minimum absolute atomic E-state index is 0.239. The van der Waals surface area contributed by atoms with Crippen molar-refractivity contribution < 1.29 is 5.11 Å². The summed E-state index contributed by atoms with van der Waals surface area (Å²) < 4.78 is 0. The fourth-order valence-electron chi connectivity index (χ4n) is 3.68. The van der Waals surface area contributed by atoms with Gasteiger partial charge in [0.15, 0.2) is 0 Å². The summed E-state index contributed by atoms with van der Waals surface area (Å²) >= 11 is 0. The second-order valence-corrected chi connectivity index (χ2v) is 6.15. The van der Waals surface area contributed by atoms with Crippen LogP contribution in [0.5, 0.6) is 0 Å². The molecule has 0 aliphatic heterocycles. The number of aliphatic hydroxyl groups excluding tert-OH is 1. The topological polar surface area (TPSA) is 20.2 Å². The Bertz CT molecular complexity index is 324. The van der Waals surface area contributed by atoms with Gasteiger partial charge in [0.1, 0.15) is 0 Å². The van der Waals surface area contributed by atoms with Gasteiger partial charge in [-0.05, 0) is 54.9 Å². The monoisotopic (exact) mass is 220 g/mol.